The molecule has 1 rings (SSSR count). The first-order valence-corrected chi connectivity index (χ1v) is 5.82. The van der Waals surface area contributed by atoms with E-state index in [1.54, 1.807) is 0 Å². The zero-order valence-corrected chi connectivity index (χ0v) is 9.18. The van der Waals surface area contributed by atoms with E-state index in [2.05, 4.69) is 24.1 Å². The lowest BCUT2D eigenvalue weighted by molar-refractivity contribution is 0.198. The second-order valence-corrected chi connectivity index (χ2v) is 4.07. The Balaban J connectivity index is 2.08. The van der Waals surface area contributed by atoms with Crippen molar-refractivity contribution in [3.05, 3.63) is 0 Å². The van der Waals surface area contributed by atoms with Crippen LogP contribution in [0, 0.1) is 0 Å². The van der Waals surface area contributed by atoms with Crippen molar-refractivity contribution in [2.45, 2.75) is 45.6 Å². The van der Waals surface area contributed by atoms with E-state index >= 15 is 0 Å². The van der Waals surface area contributed by atoms with Crippen LogP contribution in [0.15, 0.2) is 0 Å². The minimum absolute atomic E-state index is 0.799. The molecule has 0 unspecified atom stereocenters. The number of piperidine rings is 1. The van der Waals surface area contributed by atoms with Gasteiger partial charge in [-0.3, -0.25) is 0 Å². The number of nitrogens with one attached hydrogen (secondary N) is 1. The monoisotopic (exact) mass is 184 g/mol. The molecular formula is C11H24N2. The lowest BCUT2D eigenvalue weighted by Gasteiger charge is -2.32. The molecule has 0 aromatic carbocycles. The average molecular weight is 184 g/mol. The Bertz CT molecular complexity index is 117. The zero-order chi connectivity index (χ0) is 9.52. The van der Waals surface area contributed by atoms with Gasteiger partial charge in [-0.2, -0.15) is 0 Å². The molecule has 1 saturated heterocycles. The first kappa shape index (κ1) is 11.0. The largest absolute Gasteiger partial charge is 0.314 e. The van der Waals surface area contributed by atoms with Crippen molar-refractivity contribution in [3.8, 4) is 0 Å². The van der Waals surface area contributed by atoms with Crippen LogP contribution >= 0.6 is 0 Å². The summed E-state index contributed by atoms with van der Waals surface area (Å²) in [5.41, 5.74) is 0. The van der Waals surface area contributed by atoms with Crippen LogP contribution in [0.4, 0.5) is 0 Å². The van der Waals surface area contributed by atoms with Gasteiger partial charge in [0.1, 0.15) is 0 Å². The summed E-state index contributed by atoms with van der Waals surface area (Å²) in [7, 11) is 0. The number of hydrogen-bond donors (Lipinski definition) is 1. The predicted molar refractivity (Wildman–Crippen MR) is 58.0 cm³/mol. The van der Waals surface area contributed by atoms with Crippen molar-refractivity contribution in [1.82, 2.24) is 10.2 Å². The molecule has 1 heterocycles. The van der Waals surface area contributed by atoms with Crippen molar-refractivity contribution in [3.63, 3.8) is 0 Å². The summed E-state index contributed by atoms with van der Waals surface area (Å²) in [4.78, 5) is 2.59. The van der Waals surface area contributed by atoms with Crippen molar-refractivity contribution < 1.29 is 0 Å². The smallest absolute Gasteiger partial charge is 0.00914 e. The fourth-order valence-electron chi connectivity index (χ4n) is 2.03. The summed E-state index contributed by atoms with van der Waals surface area (Å²) < 4.78 is 0. The normalized spacial score (nSPS) is 20.8. The van der Waals surface area contributed by atoms with Gasteiger partial charge in [0.15, 0.2) is 0 Å². The lowest BCUT2D eigenvalue weighted by Crippen LogP contribution is -2.42. The SMILES string of the molecule is CCCNC1CCN(CCC)CC1. The molecule has 0 radical (unpaired) electrons. The Morgan fingerprint density at radius 1 is 1.15 bits per heavy atom. The molecule has 0 aromatic rings. The van der Waals surface area contributed by atoms with Gasteiger partial charge in [-0.25, -0.2) is 0 Å². The van der Waals surface area contributed by atoms with Crippen molar-refractivity contribution >= 4 is 0 Å². The minimum Gasteiger partial charge on any atom is -0.314 e. The van der Waals surface area contributed by atoms with Gasteiger partial charge in [-0.1, -0.05) is 13.8 Å². The number of likely N-dealkylation sites (tertiary alicyclic amines) is 1. The highest BCUT2D eigenvalue weighted by Gasteiger charge is 2.16. The quantitative estimate of drug-likeness (QED) is 0.701. The molecule has 0 aromatic heterocycles. The van der Waals surface area contributed by atoms with E-state index in [1.807, 2.05) is 0 Å². The van der Waals surface area contributed by atoms with Gasteiger partial charge in [0.05, 0.1) is 0 Å². The van der Waals surface area contributed by atoms with E-state index in [9.17, 15) is 0 Å². The highest BCUT2D eigenvalue weighted by Crippen LogP contribution is 2.10. The molecule has 0 bridgehead atoms. The summed E-state index contributed by atoms with van der Waals surface area (Å²) >= 11 is 0. The highest BCUT2D eigenvalue weighted by molar-refractivity contribution is 4.76. The molecule has 2 nitrogen and oxygen atoms in total. The van der Waals surface area contributed by atoms with Crippen molar-refractivity contribution in [2.24, 2.45) is 0 Å². The van der Waals surface area contributed by atoms with E-state index in [0.717, 1.165) is 6.04 Å². The Hall–Kier alpha value is -0.0800. The van der Waals surface area contributed by atoms with E-state index in [4.69, 9.17) is 0 Å². The van der Waals surface area contributed by atoms with Crippen LogP contribution in [0.1, 0.15) is 39.5 Å². The van der Waals surface area contributed by atoms with E-state index in [0.29, 0.717) is 0 Å². The summed E-state index contributed by atoms with van der Waals surface area (Å²) in [6, 6.07) is 0.799. The molecule has 2 heteroatoms. The Labute approximate surface area is 82.7 Å². The molecule has 0 atom stereocenters. The maximum atomic E-state index is 3.61. The van der Waals surface area contributed by atoms with E-state index in [1.165, 1.54) is 51.9 Å². The van der Waals surface area contributed by atoms with Crippen molar-refractivity contribution in [1.29, 1.82) is 0 Å². The van der Waals surface area contributed by atoms with Gasteiger partial charge < -0.3 is 10.2 Å². The third-order valence-corrected chi connectivity index (χ3v) is 2.81. The maximum absolute atomic E-state index is 3.61. The molecule has 1 aliphatic heterocycles. The zero-order valence-electron chi connectivity index (χ0n) is 9.18. The molecular weight excluding hydrogens is 160 g/mol. The van der Waals surface area contributed by atoms with Crippen LogP contribution in [0.5, 0.6) is 0 Å². The van der Waals surface area contributed by atoms with E-state index < -0.39 is 0 Å². The van der Waals surface area contributed by atoms with Crippen LogP contribution in [0.2, 0.25) is 0 Å². The van der Waals surface area contributed by atoms with Crippen LogP contribution < -0.4 is 5.32 Å². The summed E-state index contributed by atoms with van der Waals surface area (Å²) in [5, 5.41) is 3.61. The molecule has 0 spiro atoms. The summed E-state index contributed by atoms with van der Waals surface area (Å²) in [5.74, 6) is 0. The molecule has 0 saturated carbocycles. The maximum Gasteiger partial charge on any atom is 0.00914 e. The van der Waals surface area contributed by atoms with E-state index in [-0.39, 0.29) is 0 Å². The number of nitrogens with zero attached hydrogens (tertiary/aromatic N) is 1. The molecule has 1 N–H and O–H groups in total. The highest BCUT2D eigenvalue weighted by atomic mass is 15.1. The number of rotatable bonds is 5. The predicted octanol–water partition coefficient (Wildman–Crippen LogP) is 1.86. The minimum atomic E-state index is 0.799. The van der Waals surface area contributed by atoms with Gasteiger partial charge in [0.25, 0.3) is 0 Å². The van der Waals surface area contributed by atoms with Gasteiger partial charge in [0.2, 0.25) is 0 Å². The fraction of sp³-hybridized carbons (Fsp3) is 1.00. The van der Waals surface area contributed by atoms with Gasteiger partial charge in [-0.15, -0.1) is 0 Å². The third-order valence-electron chi connectivity index (χ3n) is 2.81. The molecule has 1 fully saturated rings. The lowest BCUT2D eigenvalue weighted by atomic mass is 10.0. The number of hydrogen-bond acceptors (Lipinski definition) is 2. The van der Waals surface area contributed by atoms with Crippen LogP contribution in [0.25, 0.3) is 0 Å². The van der Waals surface area contributed by atoms with Gasteiger partial charge >= 0.3 is 0 Å². The molecule has 1 aliphatic rings. The standard InChI is InChI=1S/C11H24N2/c1-3-7-12-11-5-9-13(8-4-2)10-6-11/h11-12H,3-10H2,1-2H3. The van der Waals surface area contributed by atoms with Gasteiger partial charge in [-0.05, 0) is 51.9 Å². The second kappa shape index (κ2) is 6.39. The first-order valence-electron chi connectivity index (χ1n) is 5.82. The van der Waals surface area contributed by atoms with Gasteiger partial charge in [0, 0.05) is 6.04 Å². The third kappa shape index (κ3) is 4.10. The summed E-state index contributed by atoms with van der Waals surface area (Å²) in [6.45, 7) is 9.59. The summed E-state index contributed by atoms with van der Waals surface area (Å²) in [6.07, 6.45) is 5.25. The first-order chi connectivity index (χ1) is 6.36. The molecule has 13 heavy (non-hydrogen) atoms. The Morgan fingerprint density at radius 3 is 2.38 bits per heavy atom. The van der Waals surface area contributed by atoms with Crippen LogP contribution in [-0.2, 0) is 0 Å². The van der Waals surface area contributed by atoms with Crippen LogP contribution in [0.3, 0.4) is 0 Å². The topological polar surface area (TPSA) is 15.3 Å². The second-order valence-electron chi connectivity index (χ2n) is 4.07. The van der Waals surface area contributed by atoms with Crippen LogP contribution in [-0.4, -0.2) is 37.1 Å². The average Bonchev–Trinajstić information content (AvgIpc) is 2.17. The molecule has 78 valence electrons. The Kier molecular flexibility index (Phi) is 5.40. The van der Waals surface area contributed by atoms with Crippen molar-refractivity contribution in [2.75, 3.05) is 26.2 Å². The molecule has 0 aliphatic carbocycles. The fourth-order valence-corrected chi connectivity index (χ4v) is 2.03. The Morgan fingerprint density at radius 2 is 1.85 bits per heavy atom. The molecule has 0 amide bonds.